The fraction of sp³-hybridized carbons (Fsp3) is 0.452. The highest BCUT2D eigenvalue weighted by Crippen LogP contribution is 2.42. The molecule has 3 aliphatic rings. The van der Waals surface area contributed by atoms with E-state index in [9.17, 15) is 27.5 Å². The van der Waals surface area contributed by atoms with Crippen LogP contribution in [0.5, 0.6) is 0 Å². The highest BCUT2D eigenvalue weighted by Gasteiger charge is 2.44. The second-order valence-electron chi connectivity index (χ2n) is 11.5. The highest BCUT2D eigenvalue weighted by atomic mass is 32.2. The second-order valence-corrected chi connectivity index (χ2v) is 14.5. The van der Waals surface area contributed by atoms with Crippen LogP contribution < -0.4 is 9.80 Å². The molecule has 1 unspecified atom stereocenters. The summed E-state index contributed by atoms with van der Waals surface area (Å²) in [7, 11) is -4.06. The number of halogens is 1. The van der Waals surface area contributed by atoms with Crippen LogP contribution in [-0.2, 0) is 19.6 Å². The van der Waals surface area contributed by atoms with Crippen molar-refractivity contribution in [3.8, 4) is 10.4 Å². The first-order chi connectivity index (χ1) is 21.2. The van der Waals surface area contributed by atoms with E-state index in [1.165, 1.54) is 33.6 Å². The van der Waals surface area contributed by atoms with Crippen LogP contribution in [0.1, 0.15) is 48.2 Å². The Morgan fingerprint density at radius 1 is 1.02 bits per heavy atom. The van der Waals surface area contributed by atoms with Gasteiger partial charge in [0.1, 0.15) is 21.4 Å². The lowest BCUT2D eigenvalue weighted by Gasteiger charge is -2.44. The summed E-state index contributed by atoms with van der Waals surface area (Å²) in [6, 6.07) is 10.1. The molecule has 13 heteroatoms. The summed E-state index contributed by atoms with van der Waals surface area (Å²) in [5.41, 5.74) is 0.892. The standard InChI is InChI=1S/C31H35FN4O6S2/c32-23-9-7-22(8-10-23)27-17-25(30(43-27)31(38)39)36-26(21-5-2-1-3-6-21)19-35(20-29(36)37)44(40,41)24-11-12-28(33-18-24)34-13-4-15-42-16-14-34/h7-12,17-18,21,26H,1-6,13-16,19-20H2,(H,38,39). The van der Waals surface area contributed by atoms with Crippen molar-refractivity contribution in [3.63, 3.8) is 0 Å². The Morgan fingerprint density at radius 3 is 2.50 bits per heavy atom. The van der Waals surface area contributed by atoms with E-state index < -0.39 is 40.3 Å². The van der Waals surface area contributed by atoms with Crippen LogP contribution in [0.25, 0.3) is 10.4 Å². The van der Waals surface area contributed by atoms with E-state index in [1.54, 1.807) is 24.3 Å². The zero-order valence-electron chi connectivity index (χ0n) is 24.2. The van der Waals surface area contributed by atoms with Gasteiger partial charge in [0.25, 0.3) is 0 Å². The maximum Gasteiger partial charge on any atom is 0.348 e. The third-order valence-electron chi connectivity index (χ3n) is 8.70. The van der Waals surface area contributed by atoms with Gasteiger partial charge in [-0.15, -0.1) is 11.3 Å². The van der Waals surface area contributed by atoms with Crippen LogP contribution in [0.2, 0.25) is 0 Å². The lowest BCUT2D eigenvalue weighted by Crippen LogP contribution is -2.60. The number of rotatable bonds is 7. The monoisotopic (exact) mass is 642 g/mol. The van der Waals surface area contributed by atoms with Crippen LogP contribution in [0.3, 0.4) is 0 Å². The minimum Gasteiger partial charge on any atom is -0.477 e. The molecule has 10 nitrogen and oxygen atoms in total. The van der Waals surface area contributed by atoms with E-state index in [0.29, 0.717) is 36.0 Å². The number of sulfonamides is 1. The third-order valence-corrected chi connectivity index (χ3v) is 11.7. The Bertz CT molecular complexity index is 1600. The maximum absolute atomic E-state index is 13.9. The normalized spacial score (nSPS) is 20.9. The van der Waals surface area contributed by atoms with Crippen LogP contribution in [0.4, 0.5) is 15.9 Å². The van der Waals surface area contributed by atoms with Crippen molar-refractivity contribution < 1.29 is 32.2 Å². The first-order valence-electron chi connectivity index (χ1n) is 15.0. The summed E-state index contributed by atoms with van der Waals surface area (Å²) in [5.74, 6) is -1.38. The number of aromatic carboxylic acids is 1. The van der Waals surface area contributed by atoms with Gasteiger partial charge in [-0.05, 0) is 61.1 Å². The number of hydrogen-bond donors (Lipinski definition) is 1. The molecule has 0 radical (unpaired) electrons. The molecule has 234 valence electrons. The summed E-state index contributed by atoms with van der Waals surface area (Å²) in [6.45, 7) is 2.32. The van der Waals surface area contributed by atoms with Crippen LogP contribution in [0.15, 0.2) is 53.6 Å². The smallest absolute Gasteiger partial charge is 0.348 e. The van der Waals surface area contributed by atoms with Crippen LogP contribution in [-0.4, -0.2) is 80.1 Å². The van der Waals surface area contributed by atoms with Gasteiger partial charge >= 0.3 is 5.97 Å². The number of carbonyl (C=O) groups is 2. The van der Waals surface area contributed by atoms with Gasteiger partial charge in [-0.2, -0.15) is 4.31 Å². The Kier molecular flexibility index (Phi) is 8.99. The lowest BCUT2D eigenvalue weighted by atomic mass is 9.82. The van der Waals surface area contributed by atoms with E-state index in [4.69, 9.17) is 4.74 Å². The van der Waals surface area contributed by atoms with Gasteiger partial charge in [0, 0.05) is 37.3 Å². The van der Waals surface area contributed by atoms with Gasteiger partial charge in [0.2, 0.25) is 15.9 Å². The molecule has 2 saturated heterocycles. The van der Waals surface area contributed by atoms with Gasteiger partial charge < -0.3 is 19.6 Å². The predicted octanol–water partition coefficient (Wildman–Crippen LogP) is 4.86. The number of nitrogens with zero attached hydrogens (tertiary/aromatic N) is 4. The molecular weight excluding hydrogens is 607 g/mol. The number of carboxylic acid groups (broad SMARTS) is 1. The first kappa shape index (κ1) is 30.6. The summed E-state index contributed by atoms with van der Waals surface area (Å²) in [4.78, 5) is 35.0. The Balaban J connectivity index is 1.32. The number of amides is 1. The summed E-state index contributed by atoms with van der Waals surface area (Å²) < 4.78 is 48.1. The molecule has 1 atom stereocenters. The minimum atomic E-state index is -4.06. The maximum atomic E-state index is 13.9. The number of benzene rings is 1. The molecule has 0 bridgehead atoms. The number of carboxylic acids is 1. The predicted molar refractivity (Wildman–Crippen MR) is 165 cm³/mol. The first-order valence-corrected chi connectivity index (χ1v) is 17.2. The molecule has 1 amide bonds. The molecule has 4 heterocycles. The molecule has 0 spiro atoms. The number of aromatic nitrogens is 1. The number of anilines is 2. The molecule has 2 aromatic heterocycles. The fourth-order valence-electron chi connectivity index (χ4n) is 6.45. The SMILES string of the molecule is O=C(O)c1sc(-c2ccc(F)cc2)cc1N1C(=O)CN(S(=O)(=O)c2ccc(N3CCCOCC3)nc2)CC1C1CCCCC1. The van der Waals surface area contributed by atoms with E-state index in [0.717, 1.165) is 56.4 Å². The van der Waals surface area contributed by atoms with Gasteiger partial charge in [-0.25, -0.2) is 22.6 Å². The van der Waals surface area contributed by atoms with Gasteiger partial charge in [0.15, 0.2) is 0 Å². The van der Waals surface area contributed by atoms with E-state index in [1.807, 2.05) is 0 Å². The number of ether oxygens (including phenoxy) is 1. The molecule has 1 aromatic carbocycles. The molecule has 1 aliphatic carbocycles. The van der Waals surface area contributed by atoms with E-state index in [-0.39, 0.29) is 27.9 Å². The molecule has 44 heavy (non-hydrogen) atoms. The molecule has 3 fully saturated rings. The van der Waals surface area contributed by atoms with Crippen molar-refractivity contribution in [3.05, 3.63) is 59.4 Å². The molecular formula is C31H35FN4O6S2. The van der Waals surface area contributed by atoms with Gasteiger partial charge in [-0.3, -0.25) is 4.79 Å². The topological polar surface area (TPSA) is 120 Å². The zero-order chi connectivity index (χ0) is 30.8. The Morgan fingerprint density at radius 2 is 1.80 bits per heavy atom. The Hall–Kier alpha value is -3.39. The van der Waals surface area contributed by atoms with E-state index >= 15 is 0 Å². The van der Waals surface area contributed by atoms with Crippen molar-refractivity contribution in [2.75, 3.05) is 49.2 Å². The molecule has 3 aromatic rings. The largest absolute Gasteiger partial charge is 0.477 e. The zero-order valence-corrected chi connectivity index (χ0v) is 25.9. The third kappa shape index (κ3) is 6.23. The van der Waals surface area contributed by atoms with Crippen molar-refractivity contribution in [2.45, 2.75) is 49.5 Å². The second kappa shape index (κ2) is 12.9. The average molecular weight is 643 g/mol. The van der Waals surface area contributed by atoms with Crippen molar-refractivity contribution in [1.29, 1.82) is 0 Å². The highest BCUT2D eigenvalue weighted by molar-refractivity contribution is 7.89. The molecule has 6 rings (SSSR count). The van der Waals surface area contributed by atoms with Gasteiger partial charge in [-0.1, -0.05) is 31.4 Å². The quantitative estimate of drug-likeness (QED) is 0.388. The summed E-state index contributed by atoms with van der Waals surface area (Å²) in [6.07, 6.45) is 6.81. The molecule has 1 N–H and O–H groups in total. The average Bonchev–Trinajstić information content (AvgIpc) is 3.29. The van der Waals surface area contributed by atoms with Crippen molar-refractivity contribution in [1.82, 2.24) is 9.29 Å². The Labute approximate surface area is 260 Å². The van der Waals surface area contributed by atoms with Crippen molar-refractivity contribution >= 4 is 44.7 Å². The lowest BCUT2D eigenvalue weighted by molar-refractivity contribution is -0.121. The van der Waals surface area contributed by atoms with Gasteiger partial charge in [0.05, 0.1) is 24.9 Å². The number of pyridine rings is 1. The summed E-state index contributed by atoms with van der Waals surface area (Å²) in [5, 5.41) is 10.1. The number of hydrogen-bond acceptors (Lipinski definition) is 8. The van der Waals surface area contributed by atoms with Crippen LogP contribution in [0, 0.1) is 11.7 Å². The number of piperazine rings is 1. The summed E-state index contributed by atoms with van der Waals surface area (Å²) >= 11 is 1.02. The number of carbonyl (C=O) groups excluding carboxylic acids is 1. The van der Waals surface area contributed by atoms with Crippen molar-refractivity contribution in [2.24, 2.45) is 5.92 Å². The minimum absolute atomic E-state index is 0.00602. The fourth-order valence-corrected chi connectivity index (χ4v) is 8.80. The van der Waals surface area contributed by atoms with Crippen LogP contribution >= 0.6 is 11.3 Å². The molecule has 2 aliphatic heterocycles. The number of thiophene rings is 1. The van der Waals surface area contributed by atoms with E-state index in [2.05, 4.69) is 9.88 Å². The molecule has 1 saturated carbocycles.